The van der Waals surface area contributed by atoms with E-state index in [1.165, 1.54) is 48.8 Å². The maximum atomic E-state index is 5.55. The van der Waals surface area contributed by atoms with Gasteiger partial charge in [0.05, 0.1) is 19.8 Å². The Hall–Kier alpha value is -5.82. The Balaban J connectivity index is 0.000000208. The van der Waals surface area contributed by atoms with Crippen molar-refractivity contribution in [2.75, 3.05) is 61.0 Å². The first-order valence-electron chi connectivity index (χ1n) is 22.1. The first-order chi connectivity index (χ1) is 31.0. The number of ether oxygens (including phenoxy) is 6. The van der Waals surface area contributed by atoms with Crippen LogP contribution in [-0.4, -0.2) is 90.9 Å². The third-order valence-corrected chi connectivity index (χ3v) is 9.55. The van der Waals surface area contributed by atoms with Crippen molar-refractivity contribution in [3.05, 3.63) is 127 Å². The molecule has 336 valence electrons. The van der Waals surface area contributed by atoms with Crippen LogP contribution in [0.5, 0.6) is 17.2 Å². The van der Waals surface area contributed by atoms with E-state index in [4.69, 9.17) is 28.4 Å². The Labute approximate surface area is 374 Å². The number of rotatable bonds is 24. The van der Waals surface area contributed by atoms with Crippen LogP contribution in [0.1, 0.15) is 76.0 Å². The summed E-state index contributed by atoms with van der Waals surface area (Å²) >= 11 is 0. The minimum absolute atomic E-state index is 0.554. The first-order valence-corrected chi connectivity index (χ1v) is 22.1. The predicted octanol–water partition coefficient (Wildman–Crippen LogP) is 10.5. The molecule has 6 rings (SSSR count). The highest BCUT2D eigenvalue weighted by Gasteiger charge is 2.06. The third-order valence-electron chi connectivity index (χ3n) is 9.55. The van der Waals surface area contributed by atoms with Gasteiger partial charge in [0.15, 0.2) is 17.5 Å². The Morgan fingerprint density at radius 1 is 0.333 bits per heavy atom. The normalized spacial score (nSPS) is 10.6. The van der Waals surface area contributed by atoms with Crippen LogP contribution in [-0.2, 0) is 33.5 Å². The van der Waals surface area contributed by atoms with E-state index < -0.39 is 0 Å². The lowest BCUT2D eigenvalue weighted by Gasteiger charge is -2.06. The molecule has 12 heteroatoms. The molecule has 6 aromatic rings. The highest BCUT2D eigenvalue weighted by atomic mass is 16.5. The molecule has 0 spiro atoms. The van der Waals surface area contributed by atoms with Gasteiger partial charge in [-0.1, -0.05) is 46.5 Å². The lowest BCUT2D eigenvalue weighted by molar-refractivity contribution is 0.146. The smallest absolute Gasteiger partial charge is 0.159 e. The second kappa shape index (κ2) is 30.3. The van der Waals surface area contributed by atoms with Crippen molar-refractivity contribution >= 4 is 0 Å². The summed E-state index contributed by atoms with van der Waals surface area (Å²) in [5.41, 5.74) is 6.56. The largest absolute Gasteiger partial charge is 0.491 e. The van der Waals surface area contributed by atoms with Crippen molar-refractivity contribution in [2.24, 2.45) is 0 Å². The molecule has 3 aromatic carbocycles. The maximum absolute atomic E-state index is 5.55. The lowest BCUT2D eigenvalue weighted by Crippen LogP contribution is -2.04. The third kappa shape index (κ3) is 19.0. The van der Waals surface area contributed by atoms with E-state index in [1.807, 2.05) is 110 Å². The Bertz CT molecular complexity index is 2000. The van der Waals surface area contributed by atoms with Gasteiger partial charge < -0.3 is 28.4 Å². The monoisotopic (exact) mass is 859 g/mol. The molecule has 0 aliphatic rings. The molecule has 3 heterocycles. The van der Waals surface area contributed by atoms with E-state index in [9.17, 15) is 0 Å². The van der Waals surface area contributed by atoms with Crippen LogP contribution in [0.2, 0.25) is 0 Å². The van der Waals surface area contributed by atoms with Crippen LogP contribution in [0.3, 0.4) is 0 Å². The molecule has 12 nitrogen and oxygen atoms in total. The number of nitrogens with zero attached hydrogens (tertiary/aromatic N) is 6. The highest BCUT2D eigenvalue weighted by Crippen LogP contribution is 2.22. The summed E-state index contributed by atoms with van der Waals surface area (Å²) in [4.78, 5) is 26.6. The molecule has 0 N–H and O–H groups in total. The summed E-state index contributed by atoms with van der Waals surface area (Å²) in [6.45, 7) is 9.97. The van der Waals surface area contributed by atoms with E-state index >= 15 is 0 Å². The second-order valence-electron chi connectivity index (χ2n) is 14.7. The summed E-state index contributed by atoms with van der Waals surface area (Å²) in [5, 5.41) is 0. The van der Waals surface area contributed by atoms with E-state index in [0.29, 0.717) is 39.6 Å². The van der Waals surface area contributed by atoms with Gasteiger partial charge in [0.1, 0.15) is 37.1 Å². The Morgan fingerprint density at radius 2 is 0.635 bits per heavy atom. The first kappa shape index (κ1) is 49.8. The van der Waals surface area contributed by atoms with E-state index in [0.717, 1.165) is 77.1 Å². The number of unbranched alkanes of at least 4 members (excludes halogenated alkanes) is 3. The number of aryl methyl sites for hydroxylation is 3. The molecule has 63 heavy (non-hydrogen) atoms. The second-order valence-corrected chi connectivity index (χ2v) is 14.7. The summed E-state index contributed by atoms with van der Waals surface area (Å²) in [7, 11) is 4.98. The predicted molar refractivity (Wildman–Crippen MR) is 250 cm³/mol. The molecule has 0 aliphatic carbocycles. The van der Waals surface area contributed by atoms with E-state index in [2.05, 4.69) is 50.7 Å². The van der Waals surface area contributed by atoms with Crippen molar-refractivity contribution in [3.63, 3.8) is 0 Å². The molecule has 0 unspecified atom stereocenters. The number of hydrogen-bond acceptors (Lipinski definition) is 12. The van der Waals surface area contributed by atoms with Gasteiger partial charge in [0.2, 0.25) is 0 Å². The van der Waals surface area contributed by atoms with Gasteiger partial charge in [-0.2, -0.15) is 0 Å². The summed E-state index contributed by atoms with van der Waals surface area (Å²) in [5.74, 6) is 4.73. The van der Waals surface area contributed by atoms with Crippen LogP contribution in [0.4, 0.5) is 0 Å². The topological polar surface area (TPSA) is 133 Å². The van der Waals surface area contributed by atoms with Gasteiger partial charge in [-0.3, -0.25) is 0 Å². The minimum Gasteiger partial charge on any atom is -0.491 e. The fourth-order valence-corrected chi connectivity index (χ4v) is 5.98. The van der Waals surface area contributed by atoms with Gasteiger partial charge in [0, 0.05) is 75.2 Å². The minimum atomic E-state index is 0.554. The number of hydrogen-bond donors (Lipinski definition) is 0. The molecule has 0 fully saturated rings. The Morgan fingerprint density at radius 3 is 0.921 bits per heavy atom. The van der Waals surface area contributed by atoms with Gasteiger partial charge in [-0.05, 0) is 122 Å². The van der Waals surface area contributed by atoms with Crippen molar-refractivity contribution in [3.8, 4) is 51.4 Å². The molecule has 0 bridgehead atoms. The van der Waals surface area contributed by atoms with Gasteiger partial charge in [-0.25, -0.2) is 29.9 Å². The van der Waals surface area contributed by atoms with Gasteiger partial charge in [-0.15, -0.1) is 0 Å². The molecule has 0 atom stereocenters. The van der Waals surface area contributed by atoms with Crippen LogP contribution >= 0.6 is 0 Å². The quantitative estimate of drug-likeness (QED) is 0.0537. The number of aromatic nitrogens is 6. The SMILES string of the molecule is CCCCCc1cnc(-c2ccc(OCCOC)cc2)nc1.CCCCc1cnc(-c2ccc(OCCOC)cc2)nc1.CCCc1cnc(-c2ccc(OCCOC)cc2)nc1. The van der Waals surface area contributed by atoms with Crippen LogP contribution in [0.25, 0.3) is 34.2 Å². The molecule has 0 amide bonds. The zero-order valence-electron chi connectivity index (χ0n) is 38.1. The van der Waals surface area contributed by atoms with Crippen LogP contribution in [0, 0.1) is 0 Å². The van der Waals surface area contributed by atoms with E-state index in [-0.39, 0.29) is 0 Å². The van der Waals surface area contributed by atoms with E-state index in [1.54, 1.807) is 21.3 Å². The fraction of sp³-hybridized carbons (Fsp3) is 0.412. The molecular weight excluding hydrogens is 793 g/mol. The average molecular weight is 859 g/mol. The zero-order valence-corrected chi connectivity index (χ0v) is 38.1. The average Bonchev–Trinajstić information content (AvgIpc) is 3.33. The summed E-state index contributed by atoms with van der Waals surface area (Å²) < 4.78 is 31.5. The summed E-state index contributed by atoms with van der Waals surface area (Å²) in [6.07, 6.45) is 21.8. The summed E-state index contributed by atoms with van der Waals surface area (Å²) in [6, 6.07) is 23.4. The fourth-order valence-electron chi connectivity index (χ4n) is 5.98. The maximum Gasteiger partial charge on any atom is 0.159 e. The highest BCUT2D eigenvalue weighted by molar-refractivity contribution is 5.57. The Kier molecular flexibility index (Phi) is 23.9. The van der Waals surface area contributed by atoms with Crippen molar-refractivity contribution in [1.82, 2.24) is 29.9 Å². The number of benzene rings is 3. The standard InChI is InChI=1S/C18H24N2O2.C17H22N2O2.C16H20N2O2/c1-3-4-5-6-15-13-19-18(20-14-15)16-7-9-17(10-8-16)22-12-11-21-2;1-3-4-5-14-12-18-17(19-13-14)15-6-8-16(9-7-15)21-11-10-20-2;1-3-4-13-11-17-16(18-12-13)14-5-7-15(8-6-14)20-10-9-19-2/h7-10,13-14H,3-6,11-12H2,1-2H3;6-9,12-13H,3-5,10-11H2,1-2H3;5-8,11-12H,3-4,9-10H2,1-2H3. The van der Waals surface area contributed by atoms with Crippen LogP contribution < -0.4 is 14.2 Å². The lowest BCUT2D eigenvalue weighted by atomic mass is 10.1. The molecule has 0 aliphatic heterocycles. The zero-order chi connectivity index (χ0) is 44.7. The van der Waals surface area contributed by atoms with Gasteiger partial charge >= 0.3 is 0 Å². The van der Waals surface area contributed by atoms with Crippen molar-refractivity contribution in [1.29, 1.82) is 0 Å². The van der Waals surface area contributed by atoms with Crippen molar-refractivity contribution < 1.29 is 28.4 Å². The molecule has 0 saturated heterocycles. The number of methoxy groups -OCH3 is 3. The molecular formula is C51H66N6O6. The van der Waals surface area contributed by atoms with Crippen molar-refractivity contribution in [2.45, 2.75) is 78.6 Å². The van der Waals surface area contributed by atoms with Crippen LogP contribution in [0.15, 0.2) is 110 Å². The molecule has 0 saturated carbocycles. The van der Waals surface area contributed by atoms with Gasteiger partial charge in [0.25, 0.3) is 0 Å². The molecule has 0 radical (unpaired) electrons. The molecule has 3 aromatic heterocycles.